The number of allylic oxidation sites excluding steroid dienone is 2. The van der Waals surface area contributed by atoms with Crippen molar-refractivity contribution >= 4 is 0 Å². The Kier molecular flexibility index (Phi) is 10.6. The van der Waals surface area contributed by atoms with Crippen LogP contribution in [0.3, 0.4) is 0 Å². The van der Waals surface area contributed by atoms with E-state index in [0.29, 0.717) is 0 Å². The first-order chi connectivity index (χ1) is 6.85. The average molecular weight is 196 g/mol. The molecule has 0 saturated heterocycles. The van der Waals surface area contributed by atoms with E-state index >= 15 is 0 Å². The fraction of sp³-hybridized carbons (Fsp3) is 0.857. The molecule has 0 radical (unpaired) electrons. The monoisotopic (exact) mass is 196 g/mol. The molecule has 0 rings (SSSR count). The van der Waals surface area contributed by atoms with E-state index in [-0.39, 0.29) is 0 Å². The molecule has 1 unspecified atom stereocenters. The van der Waals surface area contributed by atoms with Crippen molar-refractivity contribution in [3.63, 3.8) is 0 Å². The van der Waals surface area contributed by atoms with E-state index in [1.165, 1.54) is 51.4 Å². The Bertz CT molecular complexity index is 124. The summed E-state index contributed by atoms with van der Waals surface area (Å²) in [4.78, 5) is 0. The first-order valence-electron chi connectivity index (χ1n) is 6.46. The van der Waals surface area contributed by atoms with Gasteiger partial charge in [0, 0.05) is 0 Å². The van der Waals surface area contributed by atoms with Gasteiger partial charge in [0.25, 0.3) is 0 Å². The van der Waals surface area contributed by atoms with Crippen LogP contribution in [0.4, 0.5) is 0 Å². The van der Waals surface area contributed by atoms with Gasteiger partial charge >= 0.3 is 0 Å². The molecule has 0 N–H and O–H groups in total. The standard InChI is InChI=1S/C14H28/c1-4-7-9-10-11-13-14(6-3)12-8-5-2/h4,7,14H,5-6,8-13H2,1-3H3. The van der Waals surface area contributed by atoms with Gasteiger partial charge in [0.2, 0.25) is 0 Å². The fourth-order valence-corrected chi connectivity index (χ4v) is 1.91. The van der Waals surface area contributed by atoms with Crippen molar-refractivity contribution in [2.75, 3.05) is 0 Å². The number of hydrogen-bond acceptors (Lipinski definition) is 0. The lowest BCUT2D eigenvalue weighted by molar-refractivity contribution is 0.405. The minimum absolute atomic E-state index is 1.00. The van der Waals surface area contributed by atoms with Crippen molar-refractivity contribution < 1.29 is 0 Å². The predicted molar refractivity (Wildman–Crippen MR) is 66.6 cm³/mol. The molecule has 0 fully saturated rings. The highest BCUT2D eigenvalue weighted by molar-refractivity contribution is 4.76. The molecule has 84 valence electrons. The number of rotatable bonds is 9. The third-order valence-corrected chi connectivity index (χ3v) is 3.01. The molecule has 0 aromatic heterocycles. The van der Waals surface area contributed by atoms with Crippen molar-refractivity contribution in [1.82, 2.24) is 0 Å². The second-order valence-electron chi connectivity index (χ2n) is 4.27. The molecule has 0 bridgehead atoms. The molecule has 0 aliphatic rings. The smallest absolute Gasteiger partial charge is 0.0351 e. The zero-order valence-electron chi connectivity index (χ0n) is 10.4. The second-order valence-corrected chi connectivity index (χ2v) is 4.27. The summed E-state index contributed by atoms with van der Waals surface area (Å²) in [6, 6.07) is 0. The summed E-state index contributed by atoms with van der Waals surface area (Å²) in [5.41, 5.74) is 0. The zero-order chi connectivity index (χ0) is 10.6. The van der Waals surface area contributed by atoms with E-state index in [4.69, 9.17) is 0 Å². The van der Waals surface area contributed by atoms with Crippen LogP contribution in [-0.2, 0) is 0 Å². The van der Waals surface area contributed by atoms with Crippen molar-refractivity contribution in [2.45, 2.75) is 72.1 Å². The maximum absolute atomic E-state index is 2.34. The molecular formula is C14H28. The molecule has 0 heteroatoms. The van der Waals surface area contributed by atoms with Gasteiger partial charge in [-0.15, -0.1) is 0 Å². The molecule has 0 nitrogen and oxygen atoms in total. The van der Waals surface area contributed by atoms with Crippen molar-refractivity contribution in [3.05, 3.63) is 12.2 Å². The highest BCUT2D eigenvalue weighted by Gasteiger charge is 2.04. The van der Waals surface area contributed by atoms with Gasteiger partial charge < -0.3 is 0 Å². The summed E-state index contributed by atoms with van der Waals surface area (Å²) in [6.45, 7) is 6.74. The van der Waals surface area contributed by atoms with Gasteiger partial charge in [-0.3, -0.25) is 0 Å². The van der Waals surface area contributed by atoms with Gasteiger partial charge in [0.05, 0.1) is 0 Å². The number of hydrogen-bond donors (Lipinski definition) is 0. The third-order valence-electron chi connectivity index (χ3n) is 3.01. The minimum Gasteiger partial charge on any atom is -0.0917 e. The van der Waals surface area contributed by atoms with Gasteiger partial charge in [-0.05, 0) is 25.7 Å². The normalized spacial score (nSPS) is 13.6. The molecule has 0 aromatic carbocycles. The van der Waals surface area contributed by atoms with Gasteiger partial charge in [0.15, 0.2) is 0 Å². The van der Waals surface area contributed by atoms with Crippen molar-refractivity contribution in [3.8, 4) is 0 Å². The lowest BCUT2D eigenvalue weighted by Gasteiger charge is -2.13. The summed E-state index contributed by atoms with van der Waals surface area (Å²) < 4.78 is 0. The summed E-state index contributed by atoms with van der Waals surface area (Å²) in [6.07, 6.45) is 15.6. The first kappa shape index (κ1) is 13.7. The first-order valence-corrected chi connectivity index (χ1v) is 6.46. The van der Waals surface area contributed by atoms with Gasteiger partial charge in [-0.2, -0.15) is 0 Å². The Morgan fingerprint density at radius 1 is 1.00 bits per heavy atom. The molecule has 14 heavy (non-hydrogen) atoms. The zero-order valence-corrected chi connectivity index (χ0v) is 10.4. The molecule has 0 aromatic rings. The minimum atomic E-state index is 1.00. The quantitative estimate of drug-likeness (QED) is 0.345. The highest BCUT2D eigenvalue weighted by Crippen LogP contribution is 2.19. The van der Waals surface area contributed by atoms with E-state index < -0.39 is 0 Å². The fourth-order valence-electron chi connectivity index (χ4n) is 1.91. The predicted octanol–water partition coefficient (Wildman–Crippen LogP) is 5.34. The van der Waals surface area contributed by atoms with Crippen LogP contribution in [0, 0.1) is 5.92 Å². The lowest BCUT2D eigenvalue weighted by atomic mass is 9.93. The van der Waals surface area contributed by atoms with Crippen LogP contribution in [-0.4, -0.2) is 0 Å². The summed E-state index contributed by atoms with van der Waals surface area (Å²) in [7, 11) is 0. The van der Waals surface area contributed by atoms with Crippen LogP contribution < -0.4 is 0 Å². The van der Waals surface area contributed by atoms with Gasteiger partial charge in [-0.1, -0.05) is 64.5 Å². The summed E-state index contributed by atoms with van der Waals surface area (Å²) in [5.74, 6) is 1.00. The Morgan fingerprint density at radius 2 is 1.71 bits per heavy atom. The second kappa shape index (κ2) is 10.8. The van der Waals surface area contributed by atoms with Gasteiger partial charge in [0.1, 0.15) is 0 Å². The third kappa shape index (κ3) is 8.34. The maximum Gasteiger partial charge on any atom is -0.0351 e. The molecule has 0 spiro atoms. The largest absolute Gasteiger partial charge is 0.0917 e. The molecule has 0 saturated carbocycles. The van der Waals surface area contributed by atoms with Crippen LogP contribution in [0.15, 0.2) is 12.2 Å². The topological polar surface area (TPSA) is 0 Å². The maximum atomic E-state index is 2.34. The Balaban J connectivity index is 3.32. The molecule has 0 aliphatic heterocycles. The summed E-state index contributed by atoms with van der Waals surface area (Å²) >= 11 is 0. The molecule has 0 aliphatic carbocycles. The Hall–Kier alpha value is -0.260. The summed E-state index contributed by atoms with van der Waals surface area (Å²) in [5, 5.41) is 0. The molecule has 0 amide bonds. The van der Waals surface area contributed by atoms with Crippen LogP contribution in [0.25, 0.3) is 0 Å². The lowest BCUT2D eigenvalue weighted by Crippen LogP contribution is -1.98. The van der Waals surface area contributed by atoms with Crippen LogP contribution in [0.5, 0.6) is 0 Å². The van der Waals surface area contributed by atoms with E-state index in [1.807, 2.05) is 0 Å². The number of unbranched alkanes of at least 4 members (excludes halogenated alkanes) is 3. The SMILES string of the molecule is CC=CCCCCC(CC)CCCC. The van der Waals surface area contributed by atoms with Crippen LogP contribution >= 0.6 is 0 Å². The Labute approximate surface area is 90.8 Å². The van der Waals surface area contributed by atoms with E-state index in [0.717, 1.165) is 5.92 Å². The van der Waals surface area contributed by atoms with Crippen LogP contribution in [0.2, 0.25) is 0 Å². The van der Waals surface area contributed by atoms with Crippen molar-refractivity contribution in [2.24, 2.45) is 5.92 Å². The van der Waals surface area contributed by atoms with E-state index in [9.17, 15) is 0 Å². The van der Waals surface area contributed by atoms with Crippen molar-refractivity contribution in [1.29, 1.82) is 0 Å². The highest BCUT2D eigenvalue weighted by atomic mass is 14.1. The van der Waals surface area contributed by atoms with Crippen LogP contribution in [0.1, 0.15) is 72.1 Å². The van der Waals surface area contributed by atoms with E-state index in [2.05, 4.69) is 32.9 Å². The van der Waals surface area contributed by atoms with Gasteiger partial charge in [-0.25, -0.2) is 0 Å². The molecule has 1 atom stereocenters. The van der Waals surface area contributed by atoms with E-state index in [1.54, 1.807) is 0 Å². The molecular weight excluding hydrogens is 168 g/mol. The Morgan fingerprint density at radius 3 is 2.29 bits per heavy atom. The molecule has 0 heterocycles. The average Bonchev–Trinajstić information content (AvgIpc) is 2.22.